The molecule has 126 valence electrons. The molecule has 0 bridgehead atoms. The van der Waals surface area contributed by atoms with Crippen LogP contribution in [0, 0.1) is 13.8 Å². The molecule has 4 aromatic rings. The molecule has 4 rings (SSSR count). The van der Waals surface area contributed by atoms with E-state index in [9.17, 15) is 0 Å². The number of nitrogens with one attached hydrogen (secondary N) is 1. The zero-order valence-electron chi connectivity index (χ0n) is 14.1. The normalized spacial score (nSPS) is 11.0. The zero-order valence-corrected chi connectivity index (χ0v) is 14.1. The van der Waals surface area contributed by atoms with Crippen LogP contribution in [0.15, 0.2) is 47.6 Å². The number of fused-ring (bicyclic) bond motifs is 1. The van der Waals surface area contributed by atoms with E-state index in [0.717, 1.165) is 28.3 Å². The Morgan fingerprint density at radius 2 is 2.08 bits per heavy atom. The van der Waals surface area contributed by atoms with Gasteiger partial charge in [0.2, 0.25) is 0 Å². The van der Waals surface area contributed by atoms with Gasteiger partial charge in [-0.05, 0) is 26.0 Å². The standard InChI is InChI=1S/C18H17N5O2/c1-11-9-23-7-6-19-17(18(23)21-11)22-13-4-5-14(15(8-13)24-3)16-12(2)20-10-25-16/h4-10H,1-3H3,(H,19,22). The first kappa shape index (κ1) is 15.2. The quantitative estimate of drug-likeness (QED) is 0.612. The van der Waals surface area contributed by atoms with Gasteiger partial charge >= 0.3 is 0 Å². The third kappa shape index (κ3) is 2.69. The summed E-state index contributed by atoms with van der Waals surface area (Å²) in [7, 11) is 1.63. The predicted molar refractivity (Wildman–Crippen MR) is 94.2 cm³/mol. The fourth-order valence-electron chi connectivity index (χ4n) is 2.78. The molecule has 0 aliphatic rings. The highest BCUT2D eigenvalue weighted by Gasteiger charge is 2.14. The average molecular weight is 335 g/mol. The number of methoxy groups -OCH3 is 1. The second kappa shape index (κ2) is 5.94. The summed E-state index contributed by atoms with van der Waals surface area (Å²) in [6.07, 6.45) is 7.00. The highest BCUT2D eigenvalue weighted by Crippen LogP contribution is 2.34. The van der Waals surface area contributed by atoms with Crippen molar-refractivity contribution in [2.45, 2.75) is 13.8 Å². The van der Waals surface area contributed by atoms with Crippen LogP contribution in [0.3, 0.4) is 0 Å². The van der Waals surface area contributed by atoms with Gasteiger partial charge in [-0.2, -0.15) is 0 Å². The van der Waals surface area contributed by atoms with Crippen LogP contribution in [0.2, 0.25) is 0 Å². The van der Waals surface area contributed by atoms with Crippen LogP contribution < -0.4 is 10.1 Å². The van der Waals surface area contributed by atoms with Crippen molar-refractivity contribution in [3.63, 3.8) is 0 Å². The maximum atomic E-state index is 5.53. The molecule has 7 heteroatoms. The molecule has 0 amide bonds. The van der Waals surface area contributed by atoms with Crippen LogP contribution >= 0.6 is 0 Å². The molecule has 7 nitrogen and oxygen atoms in total. The van der Waals surface area contributed by atoms with Crippen molar-refractivity contribution in [3.05, 3.63) is 54.6 Å². The molecule has 1 N–H and O–H groups in total. The molecular formula is C18H17N5O2. The van der Waals surface area contributed by atoms with Crippen LogP contribution in [-0.4, -0.2) is 26.5 Å². The largest absolute Gasteiger partial charge is 0.496 e. The Kier molecular flexibility index (Phi) is 3.61. The van der Waals surface area contributed by atoms with E-state index in [1.807, 2.05) is 48.8 Å². The van der Waals surface area contributed by atoms with Crippen LogP contribution in [-0.2, 0) is 0 Å². The molecule has 3 heterocycles. The second-order valence-electron chi connectivity index (χ2n) is 5.70. The lowest BCUT2D eigenvalue weighted by Crippen LogP contribution is -1.98. The van der Waals surface area contributed by atoms with E-state index in [2.05, 4.69) is 20.3 Å². The Hall–Kier alpha value is -3.35. The van der Waals surface area contributed by atoms with Gasteiger partial charge in [0, 0.05) is 30.3 Å². The second-order valence-corrected chi connectivity index (χ2v) is 5.70. The van der Waals surface area contributed by atoms with Crippen molar-refractivity contribution in [1.29, 1.82) is 0 Å². The maximum Gasteiger partial charge on any atom is 0.181 e. The highest BCUT2D eigenvalue weighted by molar-refractivity contribution is 5.75. The molecule has 1 aromatic carbocycles. The van der Waals surface area contributed by atoms with E-state index in [0.29, 0.717) is 17.3 Å². The van der Waals surface area contributed by atoms with E-state index < -0.39 is 0 Å². The fraction of sp³-hybridized carbons (Fsp3) is 0.167. The first-order valence-electron chi connectivity index (χ1n) is 7.81. The summed E-state index contributed by atoms with van der Waals surface area (Å²) in [5, 5.41) is 3.30. The summed E-state index contributed by atoms with van der Waals surface area (Å²) in [6, 6.07) is 5.78. The van der Waals surface area contributed by atoms with Gasteiger partial charge in [-0.15, -0.1) is 0 Å². The van der Waals surface area contributed by atoms with Gasteiger partial charge in [-0.25, -0.2) is 15.0 Å². The van der Waals surface area contributed by atoms with Gasteiger partial charge < -0.3 is 18.9 Å². The Morgan fingerprint density at radius 3 is 2.84 bits per heavy atom. The van der Waals surface area contributed by atoms with Gasteiger partial charge in [0.05, 0.1) is 24.1 Å². The number of aromatic nitrogens is 4. The number of hydrogen-bond acceptors (Lipinski definition) is 6. The van der Waals surface area contributed by atoms with E-state index in [4.69, 9.17) is 9.15 Å². The third-order valence-corrected chi connectivity index (χ3v) is 3.95. The number of benzene rings is 1. The first-order chi connectivity index (χ1) is 12.2. The number of ether oxygens (including phenoxy) is 1. The van der Waals surface area contributed by atoms with Crippen LogP contribution in [0.5, 0.6) is 5.75 Å². The predicted octanol–water partition coefficient (Wildman–Crippen LogP) is 3.75. The molecule has 0 aliphatic heterocycles. The van der Waals surface area contributed by atoms with Gasteiger partial charge in [-0.3, -0.25) is 0 Å². The van der Waals surface area contributed by atoms with E-state index in [-0.39, 0.29) is 0 Å². The Bertz CT molecular complexity index is 1050. The molecule has 0 spiro atoms. The summed E-state index contributed by atoms with van der Waals surface area (Å²) in [5.74, 6) is 2.07. The lowest BCUT2D eigenvalue weighted by Gasteiger charge is -2.11. The minimum atomic E-state index is 0.682. The molecule has 25 heavy (non-hydrogen) atoms. The number of oxazole rings is 1. The fourth-order valence-corrected chi connectivity index (χ4v) is 2.78. The molecule has 0 fully saturated rings. The zero-order chi connectivity index (χ0) is 17.4. The van der Waals surface area contributed by atoms with Crippen molar-refractivity contribution in [3.8, 4) is 17.1 Å². The van der Waals surface area contributed by atoms with Crippen molar-refractivity contribution in [2.75, 3.05) is 12.4 Å². The lowest BCUT2D eigenvalue weighted by molar-refractivity contribution is 0.415. The highest BCUT2D eigenvalue weighted by atomic mass is 16.5. The maximum absolute atomic E-state index is 5.53. The van der Waals surface area contributed by atoms with Gasteiger partial charge in [0.25, 0.3) is 0 Å². The lowest BCUT2D eigenvalue weighted by atomic mass is 10.1. The molecule has 0 radical (unpaired) electrons. The summed E-state index contributed by atoms with van der Waals surface area (Å²) >= 11 is 0. The number of anilines is 2. The number of hydrogen-bond donors (Lipinski definition) is 1. The summed E-state index contributed by atoms with van der Waals surface area (Å²) < 4.78 is 12.9. The van der Waals surface area contributed by atoms with Crippen molar-refractivity contribution >= 4 is 17.2 Å². The molecule has 0 saturated carbocycles. The van der Waals surface area contributed by atoms with Gasteiger partial charge in [0.1, 0.15) is 5.75 Å². The Morgan fingerprint density at radius 1 is 1.20 bits per heavy atom. The number of imidazole rings is 1. The monoisotopic (exact) mass is 335 g/mol. The SMILES string of the molecule is COc1cc(Nc2nccn3cc(C)nc23)ccc1-c1ocnc1C. The van der Waals surface area contributed by atoms with E-state index in [1.54, 1.807) is 13.3 Å². The van der Waals surface area contributed by atoms with Crippen molar-refractivity contribution in [2.24, 2.45) is 0 Å². The summed E-state index contributed by atoms with van der Waals surface area (Å²) in [5.41, 5.74) is 4.22. The molecule has 0 aliphatic carbocycles. The van der Waals surface area contributed by atoms with Gasteiger partial charge in [0.15, 0.2) is 23.6 Å². The first-order valence-corrected chi connectivity index (χ1v) is 7.81. The van der Waals surface area contributed by atoms with Crippen LogP contribution in [0.4, 0.5) is 11.5 Å². The molecule has 0 saturated heterocycles. The summed E-state index contributed by atoms with van der Waals surface area (Å²) in [6.45, 7) is 3.85. The number of aryl methyl sites for hydroxylation is 2. The van der Waals surface area contributed by atoms with Gasteiger partial charge in [-0.1, -0.05) is 0 Å². The minimum Gasteiger partial charge on any atom is -0.496 e. The number of nitrogens with zero attached hydrogens (tertiary/aromatic N) is 4. The van der Waals surface area contributed by atoms with Crippen LogP contribution in [0.1, 0.15) is 11.4 Å². The topological polar surface area (TPSA) is 77.5 Å². The third-order valence-electron chi connectivity index (χ3n) is 3.95. The van der Waals surface area contributed by atoms with Crippen molar-refractivity contribution < 1.29 is 9.15 Å². The average Bonchev–Trinajstić information content (AvgIpc) is 3.20. The van der Waals surface area contributed by atoms with Crippen LogP contribution in [0.25, 0.3) is 17.0 Å². The molecule has 0 unspecified atom stereocenters. The Labute approximate surface area is 144 Å². The van der Waals surface area contributed by atoms with E-state index >= 15 is 0 Å². The van der Waals surface area contributed by atoms with E-state index in [1.165, 1.54) is 6.39 Å². The number of rotatable bonds is 4. The Balaban J connectivity index is 1.73. The molecule has 3 aromatic heterocycles. The smallest absolute Gasteiger partial charge is 0.181 e. The summed E-state index contributed by atoms with van der Waals surface area (Å²) in [4.78, 5) is 13.0. The molecule has 0 atom stereocenters. The molecular weight excluding hydrogens is 318 g/mol. The minimum absolute atomic E-state index is 0.682. The van der Waals surface area contributed by atoms with Crippen molar-refractivity contribution in [1.82, 2.24) is 19.4 Å².